The van der Waals surface area contributed by atoms with Crippen LogP contribution in [-0.2, 0) is 9.59 Å². The molecule has 1 heterocycles. The zero-order valence-electron chi connectivity index (χ0n) is 9.89. The third kappa shape index (κ3) is 2.14. The van der Waals surface area contributed by atoms with Gasteiger partial charge in [-0.2, -0.15) is 0 Å². The quantitative estimate of drug-likeness (QED) is 0.585. The second kappa shape index (κ2) is 4.26. The summed E-state index contributed by atoms with van der Waals surface area (Å²) in [5.41, 5.74) is 0. The van der Waals surface area contributed by atoms with Crippen LogP contribution in [0.25, 0.3) is 0 Å². The van der Waals surface area contributed by atoms with Gasteiger partial charge in [0, 0.05) is 12.1 Å². The van der Waals surface area contributed by atoms with Crippen LogP contribution in [0.4, 0.5) is 0 Å². The molecule has 2 fully saturated rings. The Kier molecular flexibility index (Phi) is 2.74. The summed E-state index contributed by atoms with van der Waals surface area (Å²) in [6.45, 7) is 0. The number of carbonyl (C=O) groups is 2. The fraction of sp³-hybridized carbons (Fsp3) is 0.692. The zero-order valence-corrected chi connectivity index (χ0v) is 9.89. The Morgan fingerprint density at radius 3 is 2.65 bits per heavy atom. The summed E-state index contributed by atoms with van der Waals surface area (Å²) in [7, 11) is 0. The van der Waals surface area contributed by atoms with E-state index in [1.54, 1.807) is 0 Å². The van der Waals surface area contributed by atoms with Crippen molar-refractivity contribution in [2.45, 2.75) is 56.7 Å². The molecule has 4 heteroatoms. The topological polar surface area (TPSA) is 49.4 Å². The molecule has 3 aliphatic rings. The summed E-state index contributed by atoms with van der Waals surface area (Å²) >= 11 is 0. The monoisotopic (exact) mass is 234 g/mol. The number of hydrogen-bond donors (Lipinski definition) is 1. The van der Waals surface area contributed by atoms with E-state index in [0.29, 0.717) is 12.5 Å². The smallest absolute Gasteiger partial charge is 0.247 e. The van der Waals surface area contributed by atoms with Gasteiger partial charge in [-0.05, 0) is 32.1 Å². The van der Waals surface area contributed by atoms with Crippen LogP contribution in [0.15, 0.2) is 12.2 Å². The molecular formula is C13H18N2O2. The minimum atomic E-state index is -0.264. The first-order chi connectivity index (χ1) is 8.25. The summed E-state index contributed by atoms with van der Waals surface area (Å²) < 4.78 is 0. The fourth-order valence-electron chi connectivity index (χ4n) is 2.73. The standard InChI is InChI=1S/C13H18N2O2/c16-12-8-11(13(17)15(12)10-6-7-10)14-9-4-2-1-3-5-9/h1-2,9-11,14H,3-8H2. The SMILES string of the molecule is O=C1CC(NC2CC=CCC2)C(=O)N1C1CC1. The molecule has 1 saturated carbocycles. The van der Waals surface area contributed by atoms with E-state index in [9.17, 15) is 9.59 Å². The highest BCUT2D eigenvalue weighted by Gasteiger charge is 2.46. The van der Waals surface area contributed by atoms with Crippen molar-refractivity contribution in [1.82, 2.24) is 10.2 Å². The molecule has 0 bridgehead atoms. The first kappa shape index (κ1) is 11.0. The average molecular weight is 234 g/mol. The van der Waals surface area contributed by atoms with Crippen molar-refractivity contribution >= 4 is 11.8 Å². The van der Waals surface area contributed by atoms with Crippen LogP contribution in [0.5, 0.6) is 0 Å². The maximum absolute atomic E-state index is 12.1. The number of rotatable bonds is 3. The molecule has 0 aromatic heterocycles. The number of likely N-dealkylation sites (tertiary alicyclic amines) is 1. The lowest BCUT2D eigenvalue weighted by Gasteiger charge is -2.22. The number of allylic oxidation sites excluding steroid dienone is 1. The lowest BCUT2D eigenvalue weighted by atomic mass is 10.0. The highest BCUT2D eigenvalue weighted by molar-refractivity contribution is 6.06. The molecule has 92 valence electrons. The van der Waals surface area contributed by atoms with E-state index in [1.807, 2.05) is 0 Å². The van der Waals surface area contributed by atoms with Gasteiger partial charge in [0.25, 0.3) is 0 Å². The number of nitrogens with one attached hydrogen (secondary N) is 1. The molecule has 0 aromatic carbocycles. The van der Waals surface area contributed by atoms with Crippen molar-refractivity contribution in [2.24, 2.45) is 0 Å². The number of amides is 2. The van der Waals surface area contributed by atoms with Gasteiger partial charge >= 0.3 is 0 Å². The molecule has 3 rings (SSSR count). The van der Waals surface area contributed by atoms with Gasteiger partial charge in [0.2, 0.25) is 11.8 Å². The first-order valence-electron chi connectivity index (χ1n) is 6.52. The second-order valence-corrected chi connectivity index (χ2v) is 5.24. The summed E-state index contributed by atoms with van der Waals surface area (Å²) in [5.74, 6) is 0.0217. The van der Waals surface area contributed by atoms with Gasteiger partial charge in [0.15, 0.2) is 0 Å². The Morgan fingerprint density at radius 2 is 2.00 bits per heavy atom. The normalized spacial score (nSPS) is 33.5. The third-order valence-electron chi connectivity index (χ3n) is 3.80. The summed E-state index contributed by atoms with van der Waals surface area (Å²) in [6, 6.07) is 0.313. The van der Waals surface area contributed by atoms with Crippen LogP contribution < -0.4 is 5.32 Å². The van der Waals surface area contributed by atoms with Crippen LogP contribution in [0, 0.1) is 0 Å². The minimum Gasteiger partial charge on any atom is -0.302 e. The molecule has 17 heavy (non-hydrogen) atoms. The van der Waals surface area contributed by atoms with E-state index in [1.165, 1.54) is 4.90 Å². The number of nitrogens with zero attached hydrogens (tertiary/aromatic N) is 1. The molecule has 2 amide bonds. The van der Waals surface area contributed by atoms with Crippen LogP contribution in [-0.4, -0.2) is 34.8 Å². The van der Waals surface area contributed by atoms with Crippen molar-refractivity contribution in [3.05, 3.63) is 12.2 Å². The van der Waals surface area contributed by atoms with Gasteiger partial charge in [0.1, 0.15) is 0 Å². The van der Waals surface area contributed by atoms with Gasteiger partial charge in [-0.1, -0.05) is 12.2 Å². The van der Waals surface area contributed by atoms with E-state index in [-0.39, 0.29) is 23.9 Å². The fourth-order valence-corrected chi connectivity index (χ4v) is 2.73. The molecule has 2 atom stereocenters. The van der Waals surface area contributed by atoms with E-state index in [2.05, 4.69) is 17.5 Å². The zero-order chi connectivity index (χ0) is 11.8. The number of imide groups is 1. The molecule has 0 spiro atoms. The molecule has 4 nitrogen and oxygen atoms in total. The van der Waals surface area contributed by atoms with Crippen LogP contribution in [0.1, 0.15) is 38.5 Å². The molecular weight excluding hydrogens is 216 g/mol. The van der Waals surface area contributed by atoms with Gasteiger partial charge < -0.3 is 5.32 Å². The van der Waals surface area contributed by atoms with Crippen molar-refractivity contribution in [1.29, 1.82) is 0 Å². The Labute approximate surface area is 101 Å². The molecule has 1 saturated heterocycles. The lowest BCUT2D eigenvalue weighted by molar-refractivity contribution is -0.139. The predicted molar refractivity (Wildman–Crippen MR) is 63.2 cm³/mol. The van der Waals surface area contributed by atoms with Gasteiger partial charge in [-0.3, -0.25) is 14.5 Å². The third-order valence-corrected chi connectivity index (χ3v) is 3.80. The van der Waals surface area contributed by atoms with Crippen LogP contribution >= 0.6 is 0 Å². The Balaban J connectivity index is 1.62. The van der Waals surface area contributed by atoms with Crippen molar-refractivity contribution in [3.63, 3.8) is 0 Å². The molecule has 1 N–H and O–H groups in total. The largest absolute Gasteiger partial charge is 0.302 e. The van der Waals surface area contributed by atoms with Gasteiger partial charge in [-0.25, -0.2) is 0 Å². The number of carbonyl (C=O) groups excluding carboxylic acids is 2. The summed E-state index contributed by atoms with van der Waals surface area (Å²) in [5, 5.41) is 3.35. The molecule has 2 aliphatic carbocycles. The van der Waals surface area contributed by atoms with E-state index in [0.717, 1.165) is 32.1 Å². The van der Waals surface area contributed by atoms with E-state index < -0.39 is 0 Å². The Hall–Kier alpha value is -1.16. The van der Waals surface area contributed by atoms with Crippen molar-refractivity contribution < 1.29 is 9.59 Å². The van der Waals surface area contributed by atoms with E-state index >= 15 is 0 Å². The molecule has 2 unspecified atom stereocenters. The molecule has 0 aromatic rings. The maximum atomic E-state index is 12.1. The minimum absolute atomic E-state index is 0.00653. The average Bonchev–Trinajstić information content (AvgIpc) is 3.10. The van der Waals surface area contributed by atoms with Crippen molar-refractivity contribution in [2.75, 3.05) is 0 Å². The first-order valence-corrected chi connectivity index (χ1v) is 6.52. The molecule has 1 aliphatic heterocycles. The lowest BCUT2D eigenvalue weighted by Crippen LogP contribution is -2.44. The van der Waals surface area contributed by atoms with Crippen molar-refractivity contribution in [3.8, 4) is 0 Å². The maximum Gasteiger partial charge on any atom is 0.247 e. The summed E-state index contributed by atoms with van der Waals surface area (Å²) in [4.78, 5) is 25.4. The Morgan fingerprint density at radius 1 is 1.18 bits per heavy atom. The molecule has 0 radical (unpaired) electrons. The van der Waals surface area contributed by atoms with E-state index in [4.69, 9.17) is 0 Å². The van der Waals surface area contributed by atoms with Crippen LogP contribution in [0.3, 0.4) is 0 Å². The van der Waals surface area contributed by atoms with Crippen LogP contribution in [0.2, 0.25) is 0 Å². The highest BCUT2D eigenvalue weighted by Crippen LogP contribution is 2.31. The highest BCUT2D eigenvalue weighted by atomic mass is 16.2. The van der Waals surface area contributed by atoms with Gasteiger partial charge in [-0.15, -0.1) is 0 Å². The van der Waals surface area contributed by atoms with Gasteiger partial charge in [0.05, 0.1) is 12.5 Å². The summed E-state index contributed by atoms with van der Waals surface area (Å²) in [6.07, 6.45) is 9.79. The predicted octanol–water partition coefficient (Wildman–Crippen LogP) is 0.975. The number of hydrogen-bond acceptors (Lipinski definition) is 3. The Bertz CT molecular complexity index is 374. The second-order valence-electron chi connectivity index (χ2n) is 5.24.